The molecular weight excluding hydrogens is 288 g/mol. The van der Waals surface area contributed by atoms with Gasteiger partial charge in [-0.15, -0.1) is 0 Å². The molecule has 1 atom stereocenters. The SMILES string of the molecule is CCN(C(C)CN(C)C)S(=O)(=O)c1ccc(C)c(CO)c1. The van der Waals surface area contributed by atoms with Crippen molar-refractivity contribution in [1.82, 2.24) is 9.21 Å². The summed E-state index contributed by atoms with van der Waals surface area (Å²) in [6, 6.07) is 4.79. The zero-order valence-electron chi connectivity index (χ0n) is 13.5. The van der Waals surface area contributed by atoms with Crippen LogP contribution >= 0.6 is 0 Å². The van der Waals surface area contributed by atoms with Crippen LogP contribution in [0.25, 0.3) is 0 Å². The molecule has 6 heteroatoms. The molecule has 0 aromatic heterocycles. The van der Waals surface area contributed by atoms with E-state index < -0.39 is 10.0 Å². The van der Waals surface area contributed by atoms with Crippen molar-refractivity contribution in [2.45, 2.75) is 38.3 Å². The first kappa shape index (κ1) is 18.1. The first-order valence-corrected chi connectivity index (χ1v) is 8.55. The maximum Gasteiger partial charge on any atom is 0.243 e. The molecule has 21 heavy (non-hydrogen) atoms. The van der Waals surface area contributed by atoms with Crippen LogP contribution in [0.4, 0.5) is 0 Å². The summed E-state index contributed by atoms with van der Waals surface area (Å²) in [6.07, 6.45) is 0. The smallest absolute Gasteiger partial charge is 0.243 e. The van der Waals surface area contributed by atoms with Gasteiger partial charge in [0.1, 0.15) is 0 Å². The van der Waals surface area contributed by atoms with Crippen molar-refractivity contribution < 1.29 is 13.5 Å². The number of nitrogens with zero attached hydrogens (tertiary/aromatic N) is 2. The maximum absolute atomic E-state index is 12.8. The van der Waals surface area contributed by atoms with Crippen LogP contribution in [0.2, 0.25) is 0 Å². The van der Waals surface area contributed by atoms with Gasteiger partial charge in [-0.1, -0.05) is 13.0 Å². The van der Waals surface area contributed by atoms with Gasteiger partial charge in [-0.2, -0.15) is 4.31 Å². The predicted molar refractivity (Wildman–Crippen MR) is 84.7 cm³/mol. The second-order valence-electron chi connectivity index (χ2n) is 5.57. The Morgan fingerprint density at radius 3 is 2.38 bits per heavy atom. The van der Waals surface area contributed by atoms with Crippen LogP contribution in [-0.2, 0) is 16.6 Å². The summed E-state index contributed by atoms with van der Waals surface area (Å²) in [5.74, 6) is 0. The fourth-order valence-corrected chi connectivity index (χ4v) is 4.13. The molecule has 0 saturated carbocycles. The molecular formula is C15H26N2O3S. The lowest BCUT2D eigenvalue weighted by Gasteiger charge is -2.29. The van der Waals surface area contributed by atoms with Gasteiger partial charge in [0.2, 0.25) is 10.0 Å². The third-order valence-corrected chi connectivity index (χ3v) is 5.62. The van der Waals surface area contributed by atoms with E-state index in [9.17, 15) is 13.5 Å². The molecule has 120 valence electrons. The van der Waals surface area contributed by atoms with E-state index in [-0.39, 0.29) is 17.5 Å². The topological polar surface area (TPSA) is 60.9 Å². The molecule has 0 amide bonds. The summed E-state index contributed by atoms with van der Waals surface area (Å²) in [6.45, 7) is 6.52. The van der Waals surface area contributed by atoms with Crippen LogP contribution in [0.1, 0.15) is 25.0 Å². The van der Waals surface area contributed by atoms with Gasteiger partial charge in [0.05, 0.1) is 11.5 Å². The quantitative estimate of drug-likeness (QED) is 0.827. The van der Waals surface area contributed by atoms with Gasteiger partial charge in [-0.05, 0) is 51.2 Å². The number of benzene rings is 1. The van der Waals surface area contributed by atoms with Gasteiger partial charge in [0, 0.05) is 19.1 Å². The summed E-state index contributed by atoms with van der Waals surface area (Å²) in [4.78, 5) is 2.21. The summed E-state index contributed by atoms with van der Waals surface area (Å²) in [5.41, 5.74) is 1.54. The zero-order chi connectivity index (χ0) is 16.2. The molecule has 0 radical (unpaired) electrons. The van der Waals surface area contributed by atoms with E-state index in [4.69, 9.17) is 0 Å². The van der Waals surface area contributed by atoms with E-state index >= 15 is 0 Å². The Kier molecular flexibility index (Phi) is 6.34. The van der Waals surface area contributed by atoms with Crippen molar-refractivity contribution in [2.24, 2.45) is 0 Å². The molecule has 1 unspecified atom stereocenters. The van der Waals surface area contributed by atoms with E-state index in [1.165, 1.54) is 4.31 Å². The Hall–Kier alpha value is -0.950. The van der Waals surface area contributed by atoms with Gasteiger partial charge in [-0.25, -0.2) is 8.42 Å². The summed E-state index contributed by atoms with van der Waals surface area (Å²) < 4.78 is 27.1. The van der Waals surface area contributed by atoms with E-state index in [1.807, 2.05) is 39.8 Å². The van der Waals surface area contributed by atoms with Crippen LogP contribution in [0.15, 0.2) is 23.1 Å². The Labute approximate surface area is 128 Å². The van der Waals surface area contributed by atoms with Gasteiger partial charge in [-0.3, -0.25) is 0 Å². The first-order chi connectivity index (χ1) is 9.73. The Bertz CT molecular complexity index is 570. The Morgan fingerprint density at radius 1 is 1.29 bits per heavy atom. The predicted octanol–water partition coefficient (Wildman–Crippen LogP) is 1.45. The minimum Gasteiger partial charge on any atom is -0.392 e. The monoisotopic (exact) mass is 314 g/mol. The lowest BCUT2D eigenvalue weighted by molar-refractivity contribution is 0.271. The largest absolute Gasteiger partial charge is 0.392 e. The summed E-state index contributed by atoms with van der Waals surface area (Å²) in [7, 11) is 0.297. The van der Waals surface area contributed by atoms with Crippen molar-refractivity contribution in [3.8, 4) is 0 Å². The van der Waals surface area contributed by atoms with Gasteiger partial charge >= 0.3 is 0 Å². The van der Waals surface area contributed by atoms with Crippen LogP contribution in [-0.4, -0.2) is 56.0 Å². The second kappa shape index (κ2) is 7.35. The van der Waals surface area contributed by atoms with Crippen molar-refractivity contribution in [1.29, 1.82) is 0 Å². The standard InChI is InChI=1S/C15H26N2O3S/c1-6-17(13(3)10-16(4)5)21(19,20)15-8-7-12(2)14(9-15)11-18/h7-9,13,18H,6,10-11H2,1-5H3. The van der Waals surface area contributed by atoms with Crippen molar-refractivity contribution >= 4 is 10.0 Å². The highest BCUT2D eigenvalue weighted by atomic mass is 32.2. The fraction of sp³-hybridized carbons (Fsp3) is 0.600. The van der Waals surface area contributed by atoms with E-state index in [2.05, 4.69) is 0 Å². The minimum absolute atomic E-state index is 0.117. The van der Waals surface area contributed by atoms with Crippen LogP contribution < -0.4 is 0 Å². The number of aryl methyl sites for hydroxylation is 1. The molecule has 1 aromatic rings. The number of likely N-dealkylation sites (N-methyl/N-ethyl adjacent to an activating group) is 2. The number of rotatable bonds is 7. The minimum atomic E-state index is -3.55. The summed E-state index contributed by atoms with van der Waals surface area (Å²) >= 11 is 0. The Balaban J connectivity index is 3.18. The van der Waals surface area contributed by atoms with Crippen LogP contribution in [0.5, 0.6) is 0 Å². The van der Waals surface area contributed by atoms with Crippen molar-refractivity contribution in [3.05, 3.63) is 29.3 Å². The molecule has 0 saturated heterocycles. The normalized spacial score (nSPS) is 13.9. The number of hydrogen-bond donors (Lipinski definition) is 1. The molecule has 0 fully saturated rings. The number of hydrogen-bond acceptors (Lipinski definition) is 4. The molecule has 1 N–H and O–H groups in total. The van der Waals surface area contributed by atoms with Gasteiger partial charge < -0.3 is 10.0 Å². The number of aliphatic hydroxyl groups is 1. The highest BCUT2D eigenvalue weighted by molar-refractivity contribution is 7.89. The van der Waals surface area contributed by atoms with Crippen molar-refractivity contribution in [2.75, 3.05) is 27.2 Å². The lowest BCUT2D eigenvalue weighted by atomic mass is 10.1. The second-order valence-corrected chi connectivity index (χ2v) is 7.46. The molecule has 1 aromatic carbocycles. The molecule has 0 aliphatic heterocycles. The maximum atomic E-state index is 12.8. The average molecular weight is 314 g/mol. The Morgan fingerprint density at radius 2 is 1.90 bits per heavy atom. The van der Waals surface area contributed by atoms with E-state index in [1.54, 1.807) is 18.2 Å². The molecule has 0 aliphatic rings. The molecule has 0 spiro atoms. The fourth-order valence-electron chi connectivity index (χ4n) is 2.45. The first-order valence-electron chi connectivity index (χ1n) is 7.11. The average Bonchev–Trinajstić information content (AvgIpc) is 2.38. The van der Waals surface area contributed by atoms with Crippen LogP contribution in [0, 0.1) is 6.92 Å². The number of sulfonamides is 1. The molecule has 1 rings (SSSR count). The van der Waals surface area contributed by atoms with Gasteiger partial charge in [0.25, 0.3) is 0 Å². The van der Waals surface area contributed by atoms with E-state index in [0.29, 0.717) is 18.7 Å². The lowest BCUT2D eigenvalue weighted by Crippen LogP contribution is -2.43. The molecule has 0 aliphatic carbocycles. The number of aliphatic hydroxyl groups excluding tert-OH is 1. The molecule has 0 bridgehead atoms. The highest BCUT2D eigenvalue weighted by Crippen LogP contribution is 2.21. The van der Waals surface area contributed by atoms with E-state index in [0.717, 1.165) is 5.56 Å². The third kappa shape index (κ3) is 4.26. The summed E-state index contributed by atoms with van der Waals surface area (Å²) in [5, 5.41) is 9.32. The van der Waals surface area contributed by atoms with Crippen LogP contribution in [0.3, 0.4) is 0 Å². The third-order valence-electron chi connectivity index (χ3n) is 3.53. The zero-order valence-corrected chi connectivity index (χ0v) is 14.3. The molecule has 0 heterocycles. The molecule has 5 nitrogen and oxygen atoms in total. The highest BCUT2D eigenvalue weighted by Gasteiger charge is 2.28. The van der Waals surface area contributed by atoms with Gasteiger partial charge in [0.15, 0.2) is 0 Å². The van der Waals surface area contributed by atoms with Crippen molar-refractivity contribution in [3.63, 3.8) is 0 Å².